The highest BCUT2D eigenvalue weighted by Crippen LogP contribution is 2.13. The molecule has 66 valence electrons. The van der Waals surface area contributed by atoms with Crippen LogP contribution in [0.5, 0.6) is 0 Å². The van der Waals surface area contributed by atoms with Crippen molar-refractivity contribution in [3.8, 4) is 0 Å². The zero-order valence-electron chi connectivity index (χ0n) is 6.78. The summed E-state index contributed by atoms with van der Waals surface area (Å²) in [5.41, 5.74) is 0.129. The molecular weight excluding hydrogens is 271 g/mol. The number of hydrogen-bond acceptors (Lipinski definition) is 2. The Morgan fingerprint density at radius 1 is 1.75 bits per heavy atom. The zero-order chi connectivity index (χ0) is 9.30. The predicted octanol–water partition coefficient (Wildman–Crippen LogP) is 1.77. The Labute approximate surface area is 83.7 Å². The van der Waals surface area contributed by atoms with E-state index in [1.54, 1.807) is 10.9 Å². The van der Waals surface area contributed by atoms with Crippen LogP contribution in [0.1, 0.15) is 30.4 Å². The van der Waals surface area contributed by atoms with E-state index in [2.05, 4.69) is 5.10 Å². The number of carboxylic acids is 1. The van der Waals surface area contributed by atoms with Gasteiger partial charge in [-0.3, -0.25) is 4.68 Å². The first-order valence-electron chi connectivity index (χ1n) is 3.50. The van der Waals surface area contributed by atoms with Crippen molar-refractivity contribution in [3.05, 3.63) is 15.5 Å². The minimum atomic E-state index is -0.973. The number of hydrogen-bond donors (Lipinski definition) is 1. The van der Waals surface area contributed by atoms with Crippen LogP contribution >= 0.6 is 22.6 Å². The molecule has 0 saturated heterocycles. The molecule has 4 nitrogen and oxygen atoms in total. The van der Waals surface area contributed by atoms with Crippen LogP contribution in [0.4, 0.5) is 0 Å². The van der Waals surface area contributed by atoms with E-state index in [-0.39, 0.29) is 11.7 Å². The van der Waals surface area contributed by atoms with Gasteiger partial charge in [0.05, 0.1) is 3.57 Å². The number of nitrogens with zero attached hydrogens (tertiary/aromatic N) is 2. The lowest BCUT2D eigenvalue weighted by atomic mass is 10.4. The van der Waals surface area contributed by atoms with Crippen LogP contribution < -0.4 is 0 Å². The van der Waals surface area contributed by atoms with Gasteiger partial charge in [-0.2, -0.15) is 5.10 Å². The van der Waals surface area contributed by atoms with Gasteiger partial charge in [0.25, 0.3) is 0 Å². The summed E-state index contributed by atoms with van der Waals surface area (Å²) < 4.78 is 2.32. The van der Waals surface area contributed by atoms with Crippen molar-refractivity contribution in [2.24, 2.45) is 0 Å². The van der Waals surface area contributed by atoms with Gasteiger partial charge in [-0.15, -0.1) is 0 Å². The summed E-state index contributed by atoms with van der Waals surface area (Å²) in [5, 5.41) is 12.6. The Balaban J connectivity index is 3.09. The molecule has 1 aromatic heterocycles. The lowest BCUT2D eigenvalue weighted by Gasteiger charge is -2.02. The Morgan fingerprint density at radius 2 is 2.33 bits per heavy atom. The molecule has 1 N–H and O–H groups in total. The van der Waals surface area contributed by atoms with E-state index in [4.69, 9.17) is 5.11 Å². The largest absolute Gasteiger partial charge is 0.476 e. The fraction of sp³-hybridized carbons (Fsp3) is 0.429. The molecule has 0 fully saturated rings. The second-order valence-corrected chi connectivity index (χ2v) is 3.87. The van der Waals surface area contributed by atoms with Gasteiger partial charge in [0.15, 0.2) is 5.69 Å². The van der Waals surface area contributed by atoms with Gasteiger partial charge < -0.3 is 5.11 Å². The lowest BCUT2D eigenvalue weighted by molar-refractivity contribution is 0.0688. The number of carboxylic acid groups (broad SMARTS) is 1. The van der Waals surface area contributed by atoms with Gasteiger partial charge in [0.1, 0.15) is 0 Å². The topological polar surface area (TPSA) is 55.1 Å². The van der Waals surface area contributed by atoms with Gasteiger partial charge in [0.2, 0.25) is 0 Å². The Morgan fingerprint density at radius 3 is 2.58 bits per heavy atom. The van der Waals surface area contributed by atoms with Crippen LogP contribution in [0.2, 0.25) is 0 Å². The molecular formula is C7H9IN2O2. The predicted molar refractivity (Wildman–Crippen MR) is 52.3 cm³/mol. The standard InChI is InChI=1S/C7H9IN2O2/c1-4(2)10-3-5(8)6(9-10)7(11)12/h3-4H,1-2H3,(H,11,12). The van der Waals surface area contributed by atoms with E-state index in [9.17, 15) is 4.79 Å². The van der Waals surface area contributed by atoms with Crippen LogP contribution in [0.3, 0.4) is 0 Å². The Bertz CT molecular complexity index is 306. The second-order valence-electron chi connectivity index (χ2n) is 2.70. The number of halogens is 1. The van der Waals surface area contributed by atoms with Crippen LogP contribution in [0.25, 0.3) is 0 Å². The third-order valence-electron chi connectivity index (χ3n) is 1.42. The third kappa shape index (κ3) is 1.77. The molecule has 0 aliphatic carbocycles. The van der Waals surface area contributed by atoms with Crippen molar-refractivity contribution < 1.29 is 9.90 Å². The summed E-state index contributed by atoms with van der Waals surface area (Å²) in [6.07, 6.45) is 1.73. The van der Waals surface area contributed by atoms with Crippen molar-refractivity contribution in [1.29, 1.82) is 0 Å². The number of aromatic carboxylic acids is 1. The molecule has 0 amide bonds. The summed E-state index contributed by atoms with van der Waals surface area (Å²) in [4.78, 5) is 10.6. The highest BCUT2D eigenvalue weighted by atomic mass is 127. The molecule has 0 aliphatic heterocycles. The van der Waals surface area contributed by atoms with Crippen molar-refractivity contribution in [1.82, 2.24) is 9.78 Å². The van der Waals surface area contributed by atoms with E-state index < -0.39 is 5.97 Å². The fourth-order valence-corrected chi connectivity index (χ4v) is 1.40. The summed E-state index contributed by atoms with van der Waals surface area (Å²) in [6, 6.07) is 0.201. The lowest BCUT2D eigenvalue weighted by Crippen LogP contribution is -2.04. The minimum Gasteiger partial charge on any atom is -0.476 e. The summed E-state index contributed by atoms with van der Waals surface area (Å²) in [6.45, 7) is 3.91. The van der Waals surface area contributed by atoms with Gasteiger partial charge in [-0.1, -0.05) is 0 Å². The second kappa shape index (κ2) is 3.42. The van der Waals surface area contributed by atoms with E-state index in [0.29, 0.717) is 3.57 Å². The SMILES string of the molecule is CC(C)n1cc(I)c(C(=O)O)n1. The molecule has 0 bridgehead atoms. The van der Waals surface area contributed by atoms with Gasteiger partial charge in [0, 0.05) is 12.2 Å². The normalized spacial score (nSPS) is 10.7. The van der Waals surface area contributed by atoms with E-state index >= 15 is 0 Å². The molecule has 0 radical (unpaired) electrons. The van der Waals surface area contributed by atoms with Crippen molar-refractivity contribution in [2.45, 2.75) is 19.9 Å². The summed E-state index contributed by atoms with van der Waals surface area (Å²) in [7, 11) is 0. The summed E-state index contributed by atoms with van der Waals surface area (Å²) >= 11 is 1.97. The highest BCUT2D eigenvalue weighted by molar-refractivity contribution is 14.1. The molecule has 0 spiro atoms. The molecule has 1 heterocycles. The number of rotatable bonds is 2. The van der Waals surface area contributed by atoms with Crippen LogP contribution in [-0.4, -0.2) is 20.9 Å². The first kappa shape index (κ1) is 9.50. The molecule has 1 rings (SSSR count). The maximum atomic E-state index is 10.6. The van der Waals surface area contributed by atoms with Crippen molar-refractivity contribution in [3.63, 3.8) is 0 Å². The van der Waals surface area contributed by atoms with Crippen LogP contribution in [0, 0.1) is 3.57 Å². The maximum absolute atomic E-state index is 10.6. The van der Waals surface area contributed by atoms with E-state index in [0.717, 1.165) is 0 Å². The average molecular weight is 280 g/mol. The first-order valence-corrected chi connectivity index (χ1v) is 4.58. The molecule has 5 heteroatoms. The molecule has 0 aliphatic rings. The maximum Gasteiger partial charge on any atom is 0.357 e. The zero-order valence-corrected chi connectivity index (χ0v) is 8.94. The average Bonchev–Trinajstić information content (AvgIpc) is 2.30. The Kier molecular flexibility index (Phi) is 2.71. The van der Waals surface area contributed by atoms with Crippen molar-refractivity contribution in [2.75, 3.05) is 0 Å². The first-order chi connectivity index (χ1) is 5.52. The number of carbonyl (C=O) groups is 1. The molecule has 0 aromatic carbocycles. The van der Waals surface area contributed by atoms with Gasteiger partial charge in [-0.25, -0.2) is 4.79 Å². The van der Waals surface area contributed by atoms with Gasteiger partial charge >= 0.3 is 5.97 Å². The smallest absolute Gasteiger partial charge is 0.357 e. The molecule has 12 heavy (non-hydrogen) atoms. The van der Waals surface area contributed by atoms with E-state index in [1.165, 1.54) is 0 Å². The third-order valence-corrected chi connectivity index (χ3v) is 2.21. The molecule has 0 atom stereocenters. The quantitative estimate of drug-likeness (QED) is 0.840. The number of aromatic nitrogens is 2. The van der Waals surface area contributed by atoms with Crippen molar-refractivity contribution >= 4 is 28.6 Å². The molecule has 0 unspecified atom stereocenters. The molecule has 0 saturated carbocycles. The minimum absolute atomic E-state index is 0.129. The van der Waals surface area contributed by atoms with Crippen LogP contribution in [-0.2, 0) is 0 Å². The van der Waals surface area contributed by atoms with Gasteiger partial charge in [-0.05, 0) is 36.4 Å². The fourth-order valence-electron chi connectivity index (χ4n) is 0.779. The monoisotopic (exact) mass is 280 g/mol. The Hall–Kier alpha value is -0.590. The highest BCUT2D eigenvalue weighted by Gasteiger charge is 2.14. The molecule has 1 aromatic rings. The van der Waals surface area contributed by atoms with Crippen LogP contribution in [0.15, 0.2) is 6.20 Å². The summed E-state index contributed by atoms with van der Waals surface area (Å²) in [5.74, 6) is -0.973. The van der Waals surface area contributed by atoms with E-state index in [1.807, 2.05) is 36.4 Å².